The predicted octanol–water partition coefficient (Wildman–Crippen LogP) is 1.34. The molecule has 0 heterocycles. The molecule has 0 saturated carbocycles. The van der Waals surface area contributed by atoms with E-state index in [0.29, 0.717) is 65.6 Å². The second-order valence-corrected chi connectivity index (χ2v) is 7.96. The molecular formula is C21H40N2O9. The number of carbonyl (C=O) groups is 3. The molecule has 0 aromatic rings. The van der Waals surface area contributed by atoms with Crippen molar-refractivity contribution in [1.29, 1.82) is 0 Å². The number of nitrogens with one attached hydrogen (secondary N) is 2. The fraction of sp³-hybridized carbons (Fsp3) is 0.857. The average molecular weight is 465 g/mol. The molecule has 0 aliphatic carbocycles. The summed E-state index contributed by atoms with van der Waals surface area (Å²) in [5.41, 5.74) is -0.701. The smallest absolute Gasteiger partial charge is 0.408 e. The lowest BCUT2D eigenvalue weighted by molar-refractivity contribution is -0.139. The number of carbonyl (C=O) groups excluding carboxylic acids is 2. The van der Waals surface area contributed by atoms with Crippen LogP contribution < -0.4 is 10.6 Å². The second-order valence-electron chi connectivity index (χ2n) is 7.96. The van der Waals surface area contributed by atoms with Gasteiger partial charge in [0.25, 0.3) is 0 Å². The van der Waals surface area contributed by atoms with E-state index in [1.54, 1.807) is 27.9 Å². The van der Waals surface area contributed by atoms with Gasteiger partial charge < -0.3 is 39.4 Å². The summed E-state index contributed by atoms with van der Waals surface area (Å²) in [6.45, 7) is 8.70. The van der Waals surface area contributed by atoms with E-state index < -0.39 is 23.7 Å². The van der Waals surface area contributed by atoms with Gasteiger partial charge in [0.15, 0.2) is 0 Å². The third-order valence-electron chi connectivity index (χ3n) is 3.88. The lowest BCUT2D eigenvalue weighted by Crippen LogP contribution is -2.43. The monoisotopic (exact) mass is 464 g/mol. The van der Waals surface area contributed by atoms with Gasteiger partial charge in [0.05, 0.1) is 46.2 Å². The van der Waals surface area contributed by atoms with Crippen LogP contribution >= 0.6 is 0 Å². The number of aliphatic carboxylic acids is 1. The minimum absolute atomic E-state index is 0.140. The first kappa shape index (κ1) is 30.0. The van der Waals surface area contributed by atoms with Crippen molar-refractivity contribution in [2.24, 2.45) is 0 Å². The number of methoxy groups -OCH3 is 1. The lowest BCUT2D eigenvalue weighted by Gasteiger charge is -2.22. The molecule has 0 spiro atoms. The highest BCUT2D eigenvalue weighted by Crippen LogP contribution is 2.08. The summed E-state index contributed by atoms with van der Waals surface area (Å²) in [5.74, 6) is -1.27. The Morgan fingerprint density at radius 3 is 1.97 bits per heavy atom. The van der Waals surface area contributed by atoms with Crippen LogP contribution in [0.15, 0.2) is 0 Å². The van der Waals surface area contributed by atoms with E-state index >= 15 is 0 Å². The SMILES string of the molecule is COCCOCCOCCOCCC(=O)NCCCC[C@H](NC(=O)OC(C)(C)C)C(=O)O. The van der Waals surface area contributed by atoms with Crippen molar-refractivity contribution in [3.63, 3.8) is 0 Å². The standard InChI is InChI=1S/C21H40N2O9/c1-21(2,3)32-20(27)23-17(19(25)26)7-5-6-9-22-18(24)8-10-29-13-14-31-16-15-30-12-11-28-4/h17H,5-16H2,1-4H3,(H,22,24)(H,23,27)(H,25,26)/t17-/m0/s1. The van der Waals surface area contributed by atoms with Crippen LogP contribution in [-0.4, -0.2) is 94.6 Å². The Balaban J connectivity index is 3.67. The molecule has 2 amide bonds. The van der Waals surface area contributed by atoms with Crippen LogP contribution in [0.3, 0.4) is 0 Å². The number of rotatable bonds is 19. The van der Waals surface area contributed by atoms with Crippen LogP contribution in [0, 0.1) is 0 Å². The van der Waals surface area contributed by atoms with E-state index in [1.165, 1.54) is 0 Å². The van der Waals surface area contributed by atoms with Crippen molar-refractivity contribution < 1.29 is 43.2 Å². The van der Waals surface area contributed by atoms with Gasteiger partial charge in [-0.05, 0) is 40.0 Å². The second kappa shape index (κ2) is 18.6. The number of unbranched alkanes of at least 4 members (excludes halogenated alkanes) is 1. The first-order valence-electron chi connectivity index (χ1n) is 10.9. The number of amides is 2. The summed E-state index contributed by atoms with van der Waals surface area (Å²) in [6, 6.07) is -1.03. The molecule has 188 valence electrons. The van der Waals surface area contributed by atoms with Crippen molar-refractivity contribution in [1.82, 2.24) is 10.6 Å². The minimum Gasteiger partial charge on any atom is -0.480 e. The zero-order valence-electron chi connectivity index (χ0n) is 19.8. The average Bonchev–Trinajstić information content (AvgIpc) is 2.69. The minimum atomic E-state index is -1.13. The van der Waals surface area contributed by atoms with Crippen molar-refractivity contribution in [3.8, 4) is 0 Å². The van der Waals surface area contributed by atoms with Crippen LogP contribution in [0.1, 0.15) is 46.5 Å². The van der Waals surface area contributed by atoms with Crippen molar-refractivity contribution >= 4 is 18.0 Å². The van der Waals surface area contributed by atoms with Gasteiger partial charge in [0.1, 0.15) is 11.6 Å². The fourth-order valence-electron chi connectivity index (χ4n) is 2.35. The Labute approximate surface area is 190 Å². The Bertz CT molecular complexity index is 524. The van der Waals surface area contributed by atoms with Gasteiger partial charge in [0, 0.05) is 20.1 Å². The van der Waals surface area contributed by atoms with E-state index in [2.05, 4.69) is 10.6 Å². The highest BCUT2D eigenvalue weighted by Gasteiger charge is 2.23. The molecule has 3 N–H and O–H groups in total. The highest BCUT2D eigenvalue weighted by atomic mass is 16.6. The third-order valence-corrected chi connectivity index (χ3v) is 3.88. The molecule has 0 saturated heterocycles. The predicted molar refractivity (Wildman–Crippen MR) is 117 cm³/mol. The lowest BCUT2D eigenvalue weighted by atomic mass is 10.1. The first-order valence-corrected chi connectivity index (χ1v) is 10.9. The highest BCUT2D eigenvalue weighted by molar-refractivity contribution is 5.80. The molecule has 0 aliphatic heterocycles. The number of hydrogen-bond acceptors (Lipinski definition) is 8. The van der Waals surface area contributed by atoms with Crippen LogP contribution in [0.25, 0.3) is 0 Å². The van der Waals surface area contributed by atoms with Crippen LogP contribution in [-0.2, 0) is 33.3 Å². The van der Waals surface area contributed by atoms with Gasteiger partial charge in [0.2, 0.25) is 5.91 Å². The first-order chi connectivity index (χ1) is 15.2. The molecule has 0 fully saturated rings. The molecule has 11 nitrogen and oxygen atoms in total. The molecule has 1 atom stereocenters. The van der Waals surface area contributed by atoms with Gasteiger partial charge in [-0.15, -0.1) is 0 Å². The van der Waals surface area contributed by atoms with Gasteiger partial charge in [-0.2, -0.15) is 0 Å². The number of ether oxygens (including phenoxy) is 5. The molecule has 0 unspecified atom stereocenters. The van der Waals surface area contributed by atoms with Crippen molar-refractivity contribution in [2.75, 3.05) is 59.9 Å². The molecule has 0 bridgehead atoms. The van der Waals surface area contributed by atoms with Gasteiger partial charge in [-0.25, -0.2) is 9.59 Å². The summed E-state index contributed by atoms with van der Waals surface area (Å²) in [6.07, 6.45) is 0.824. The topological polar surface area (TPSA) is 142 Å². The number of carboxylic acids is 1. The Morgan fingerprint density at radius 2 is 1.44 bits per heavy atom. The van der Waals surface area contributed by atoms with Crippen LogP contribution in [0.5, 0.6) is 0 Å². The Hall–Kier alpha value is -1.95. The summed E-state index contributed by atoms with van der Waals surface area (Å²) >= 11 is 0. The van der Waals surface area contributed by atoms with E-state index in [0.717, 1.165) is 0 Å². The Morgan fingerprint density at radius 1 is 0.875 bits per heavy atom. The summed E-state index contributed by atoms with van der Waals surface area (Å²) < 4.78 is 25.8. The summed E-state index contributed by atoms with van der Waals surface area (Å²) in [5, 5.41) is 14.3. The normalized spacial score (nSPS) is 12.2. The Kier molecular flexibility index (Phi) is 17.5. The maximum atomic E-state index is 11.8. The zero-order valence-corrected chi connectivity index (χ0v) is 19.8. The quantitative estimate of drug-likeness (QED) is 0.241. The van der Waals surface area contributed by atoms with E-state index in [1.807, 2.05) is 0 Å². The van der Waals surface area contributed by atoms with Crippen molar-refractivity contribution in [2.45, 2.75) is 58.1 Å². The molecule has 0 aliphatic rings. The van der Waals surface area contributed by atoms with Crippen LogP contribution in [0.4, 0.5) is 4.79 Å². The number of carboxylic acid groups (broad SMARTS) is 1. The number of alkyl carbamates (subject to hydrolysis) is 1. The van der Waals surface area contributed by atoms with E-state index in [9.17, 15) is 19.5 Å². The fourth-order valence-corrected chi connectivity index (χ4v) is 2.35. The molecule has 11 heteroatoms. The zero-order chi connectivity index (χ0) is 24.2. The molecule has 0 radical (unpaired) electrons. The maximum Gasteiger partial charge on any atom is 0.408 e. The van der Waals surface area contributed by atoms with Crippen LogP contribution in [0.2, 0.25) is 0 Å². The molecule has 0 aromatic carbocycles. The molecule has 0 aromatic heterocycles. The van der Waals surface area contributed by atoms with Gasteiger partial charge in [-0.1, -0.05) is 0 Å². The van der Waals surface area contributed by atoms with E-state index in [-0.39, 0.29) is 18.7 Å². The third kappa shape index (κ3) is 20.0. The largest absolute Gasteiger partial charge is 0.480 e. The van der Waals surface area contributed by atoms with Gasteiger partial charge >= 0.3 is 12.1 Å². The molecular weight excluding hydrogens is 424 g/mol. The van der Waals surface area contributed by atoms with Gasteiger partial charge in [-0.3, -0.25) is 4.79 Å². The maximum absolute atomic E-state index is 11.8. The van der Waals surface area contributed by atoms with E-state index in [4.69, 9.17) is 23.7 Å². The molecule has 32 heavy (non-hydrogen) atoms. The molecule has 0 rings (SSSR count). The summed E-state index contributed by atoms with van der Waals surface area (Å²) in [7, 11) is 1.61. The van der Waals surface area contributed by atoms with Crippen molar-refractivity contribution in [3.05, 3.63) is 0 Å². The number of hydrogen-bond donors (Lipinski definition) is 3. The summed E-state index contributed by atoms with van der Waals surface area (Å²) in [4.78, 5) is 34.8.